The molecule has 1 aromatic heterocycles. The van der Waals surface area contributed by atoms with Crippen LogP contribution in [-0.2, 0) is 14.8 Å². The van der Waals surface area contributed by atoms with E-state index in [4.69, 9.17) is 4.74 Å². The van der Waals surface area contributed by atoms with Crippen LogP contribution in [0.2, 0.25) is 0 Å². The molecule has 0 aliphatic heterocycles. The molecule has 28 heavy (non-hydrogen) atoms. The number of carbonyl (C=O) groups is 1. The minimum atomic E-state index is -3.81. The first-order valence-corrected chi connectivity index (χ1v) is 11.6. The van der Waals surface area contributed by atoms with Crippen molar-refractivity contribution in [1.29, 1.82) is 0 Å². The lowest BCUT2D eigenvalue weighted by atomic mass is 9.95. The fourth-order valence-electron chi connectivity index (χ4n) is 3.37. The molecule has 3 rings (SSSR count). The molecule has 1 aliphatic rings. The fraction of sp³-hybridized carbons (Fsp3) is 0.474. The van der Waals surface area contributed by atoms with Gasteiger partial charge in [0.2, 0.25) is 15.9 Å². The van der Waals surface area contributed by atoms with Gasteiger partial charge in [-0.05, 0) is 44.0 Å². The summed E-state index contributed by atoms with van der Waals surface area (Å²) in [5, 5.41) is 5.03. The smallest absolute Gasteiger partial charge is 0.243 e. The largest absolute Gasteiger partial charge is 0.497 e. The molecular weight excluding hydrogens is 398 g/mol. The van der Waals surface area contributed by atoms with Crippen molar-refractivity contribution < 1.29 is 17.9 Å². The van der Waals surface area contributed by atoms with Gasteiger partial charge in [-0.15, -0.1) is 11.3 Å². The van der Waals surface area contributed by atoms with Crippen molar-refractivity contribution in [3.63, 3.8) is 0 Å². The first-order valence-electron chi connectivity index (χ1n) is 9.28. The highest BCUT2D eigenvalue weighted by atomic mass is 32.2. The third-order valence-corrected chi connectivity index (χ3v) is 7.60. The van der Waals surface area contributed by atoms with Gasteiger partial charge in [0.05, 0.1) is 24.2 Å². The summed E-state index contributed by atoms with van der Waals surface area (Å²) in [4.78, 5) is 17.0. The molecule has 1 heterocycles. The molecule has 2 aromatic rings. The van der Waals surface area contributed by atoms with Gasteiger partial charge in [-0.2, -0.15) is 4.31 Å². The zero-order chi connectivity index (χ0) is 20.1. The molecule has 152 valence electrons. The van der Waals surface area contributed by atoms with Gasteiger partial charge in [0, 0.05) is 11.4 Å². The summed E-state index contributed by atoms with van der Waals surface area (Å²) < 4.78 is 33.1. The number of aryl methyl sites for hydroxylation is 1. The summed E-state index contributed by atoms with van der Waals surface area (Å²) in [6.45, 7) is 1.62. The van der Waals surface area contributed by atoms with Gasteiger partial charge in [-0.25, -0.2) is 13.4 Å². The van der Waals surface area contributed by atoms with E-state index >= 15 is 0 Å². The molecule has 1 aromatic carbocycles. The van der Waals surface area contributed by atoms with Crippen molar-refractivity contribution in [2.75, 3.05) is 19.0 Å². The minimum absolute atomic E-state index is 0.164. The highest BCUT2D eigenvalue weighted by molar-refractivity contribution is 7.89. The van der Waals surface area contributed by atoms with Gasteiger partial charge in [-0.1, -0.05) is 19.3 Å². The van der Waals surface area contributed by atoms with Crippen LogP contribution in [0.3, 0.4) is 0 Å². The zero-order valence-electron chi connectivity index (χ0n) is 16.1. The van der Waals surface area contributed by atoms with Gasteiger partial charge in [0.25, 0.3) is 0 Å². The number of nitrogens with zero attached hydrogens (tertiary/aromatic N) is 2. The summed E-state index contributed by atoms with van der Waals surface area (Å²) >= 11 is 1.32. The number of hydrogen-bond acceptors (Lipinski definition) is 6. The van der Waals surface area contributed by atoms with E-state index in [2.05, 4.69) is 10.3 Å². The highest BCUT2D eigenvalue weighted by Gasteiger charge is 2.34. The quantitative estimate of drug-likeness (QED) is 0.737. The second-order valence-electron chi connectivity index (χ2n) is 6.86. The SMILES string of the molecule is COc1ccc(S(=O)(=O)N(CC(=O)Nc2nc(C)cs2)C2CCCCC2)cc1. The number of methoxy groups -OCH3 is 1. The Morgan fingerprint density at radius 1 is 1.25 bits per heavy atom. The van der Waals surface area contributed by atoms with Gasteiger partial charge in [-0.3, -0.25) is 4.79 Å². The van der Waals surface area contributed by atoms with Crippen molar-refractivity contribution in [3.8, 4) is 5.75 Å². The topological polar surface area (TPSA) is 88.6 Å². The predicted molar refractivity (Wildman–Crippen MR) is 109 cm³/mol. The van der Waals surface area contributed by atoms with Gasteiger partial charge < -0.3 is 10.1 Å². The lowest BCUT2D eigenvalue weighted by molar-refractivity contribution is -0.116. The van der Waals surface area contributed by atoms with E-state index in [0.29, 0.717) is 10.9 Å². The number of rotatable bonds is 7. The van der Waals surface area contributed by atoms with Crippen molar-refractivity contribution in [2.24, 2.45) is 0 Å². The molecule has 0 atom stereocenters. The lowest BCUT2D eigenvalue weighted by Crippen LogP contribution is -2.45. The minimum Gasteiger partial charge on any atom is -0.497 e. The van der Waals surface area contributed by atoms with Gasteiger partial charge in [0.1, 0.15) is 5.75 Å². The Labute approximate surface area is 169 Å². The molecule has 7 nitrogen and oxygen atoms in total. The normalized spacial score (nSPS) is 15.5. The standard InChI is InChI=1S/C19H25N3O4S2/c1-14-13-27-19(20-14)21-18(23)12-22(15-6-4-3-5-7-15)28(24,25)17-10-8-16(26-2)9-11-17/h8-11,13,15H,3-7,12H2,1-2H3,(H,20,21,23). The van der Waals surface area contributed by atoms with E-state index < -0.39 is 10.0 Å². The Kier molecular flexibility index (Phi) is 6.69. The average Bonchev–Trinajstić information content (AvgIpc) is 3.11. The van der Waals surface area contributed by atoms with Gasteiger partial charge in [0.15, 0.2) is 5.13 Å². The molecule has 0 saturated heterocycles. The third-order valence-electron chi connectivity index (χ3n) is 4.81. The van der Waals surface area contributed by atoms with Crippen LogP contribution < -0.4 is 10.1 Å². The number of sulfonamides is 1. The number of amides is 1. The molecule has 9 heteroatoms. The number of benzene rings is 1. The number of nitrogens with one attached hydrogen (secondary N) is 1. The highest BCUT2D eigenvalue weighted by Crippen LogP contribution is 2.28. The van der Waals surface area contributed by atoms with Crippen LogP contribution >= 0.6 is 11.3 Å². The maximum Gasteiger partial charge on any atom is 0.243 e. The molecule has 1 saturated carbocycles. The maximum atomic E-state index is 13.3. The van der Waals surface area contributed by atoms with E-state index in [-0.39, 0.29) is 23.4 Å². The number of carbonyl (C=O) groups excluding carboxylic acids is 1. The maximum absolute atomic E-state index is 13.3. The number of ether oxygens (including phenoxy) is 1. The summed E-state index contributed by atoms with van der Waals surface area (Å²) in [5.74, 6) is 0.206. The molecule has 1 fully saturated rings. The number of anilines is 1. The molecule has 1 aliphatic carbocycles. The number of aromatic nitrogens is 1. The van der Waals surface area contributed by atoms with Crippen LogP contribution in [0, 0.1) is 6.92 Å². The molecule has 0 spiro atoms. The van der Waals surface area contributed by atoms with Crippen LogP contribution in [0.15, 0.2) is 34.5 Å². The lowest BCUT2D eigenvalue weighted by Gasteiger charge is -2.32. The Balaban J connectivity index is 1.83. The monoisotopic (exact) mass is 423 g/mol. The zero-order valence-corrected chi connectivity index (χ0v) is 17.7. The van der Waals surface area contributed by atoms with Crippen LogP contribution in [0.5, 0.6) is 5.75 Å². The molecule has 1 amide bonds. The molecule has 0 bridgehead atoms. The first kappa shape index (κ1) is 20.8. The van der Waals surface area contributed by atoms with Crippen LogP contribution in [0.25, 0.3) is 0 Å². The van der Waals surface area contributed by atoms with E-state index in [1.807, 2.05) is 12.3 Å². The number of hydrogen-bond donors (Lipinski definition) is 1. The second-order valence-corrected chi connectivity index (χ2v) is 9.61. The molecule has 0 unspecified atom stereocenters. The summed E-state index contributed by atoms with van der Waals surface area (Å²) in [5.41, 5.74) is 0.815. The third kappa shape index (κ3) is 4.89. The van der Waals surface area contributed by atoms with E-state index in [9.17, 15) is 13.2 Å². The van der Waals surface area contributed by atoms with Crippen molar-refractivity contribution in [3.05, 3.63) is 35.3 Å². The second kappa shape index (κ2) is 9.02. The molecule has 0 radical (unpaired) electrons. The summed E-state index contributed by atoms with van der Waals surface area (Å²) in [6.07, 6.45) is 4.55. The Hall–Kier alpha value is -1.97. The first-order chi connectivity index (χ1) is 13.4. The van der Waals surface area contributed by atoms with Crippen LogP contribution in [0.1, 0.15) is 37.8 Å². The van der Waals surface area contributed by atoms with Crippen molar-refractivity contribution in [2.45, 2.75) is 50.0 Å². The summed E-state index contributed by atoms with van der Waals surface area (Å²) in [6, 6.07) is 6.09. The van der Waals surface area contributed by atoms with Crippen LogP contribution in [0.4, 0.5) is 5.13 Å². The Morgan fingerprint density at radius 3 is 2.50 bits per heavy atom. The average molecular weight is 424 g/mol. The van der Waals surface area contributed by atoms with E-state index in [1.165, 1.54) is 34.9 Å². The predicted octanol–water partition coefficient (Wildman–Crippen LogP) is 3.42. The molecular formula is C19H25N3O4S2. The van der Waals surface area contributed by atoms with E-state index in [0.717, 1.165) is 37.8 Å². The van der Waals surface area contributed by atoms with Crippen LogP contribution in [-0.4, -0.2) is 43.3 Å². The molecule has 1 N–H and O–H groups in total. The Morgan fingerprint density at radius 2 is 1.93 bits per heavy atom. The van der Waals surface area contributed by atoms with Gasteiger partial charge >= 0.3 is 0 Å². The van der Waals surface area contributed by atoms with Crippen molar-refractivity contribution >= 4 is 32.4 Å². The van der Waals surface area contributed by atoms with E-state index in [1.54, 1.807) is 12.1 Å². The summed E-state index contributed by atoms with van der Waals surface area (Å²) in [7, 11) is -2.28. The number of thiazole rings is 1. The van der Waals surface area contributed by atoms with Crippen molar-refractivity contribution in [1.82, 2.24) is 9.29 Å². The fourth-order valence-corrected chi connectivity index (χ4v) is 5.72. The Bertz CT molecular complexity index is 904.